The van der Waals surface area contributed by atoms with Crippen molar-refractivity contribution in [3.63, 3.8) is 0 Å². The maximum Gasteiger partial charge on any atom is 0.320 e. The highest BCUT2D eigenvalue weighted by molar-refractivity contribution is 9.10. The van der Waals surface area contributed by atoms with Crippen molar-refractivity contribution in [3.05, 3.63) is 28.7 Å². The van der Waals surface area contributed by atoms with Crippen LogP contribution in [-0.2, 0) is 4.79 Å². The topological polar surface area (TPSA) is 53.0 Å². The van der Waals surface area contributed by atoms with Gasteiger partial charge < -0.3 is 9.84 Å². The summed E-state index contributed by atoms with van der Waals surface area (Å²) in [4.78, 5) is 15.3. The molecule has 0 aromatic heterocycles. The molecule has 1 atom stereocenters. The number of ether oxygens (including phenoxy) is 1. The number of rotatable bonds is 6. The normalized spacial score (nSPS) is 18.4. The number of hydrogen-bond donors (Lipinski definition) is 1. The number of hydrogen-bond acceptors (Lipinski definition) is 4. The molecule has 1 aliphatic heterocycles. The van der Waals surface area contributed by atoms with Gasteiger partial charge in [-0.05, 0) is 31.2 Å². The van der Waals surface area contributed by atoms with Crippen molar-refractivity contribution in [2.24, 2.45) is 0 Å². The molecule has 6 heteroatoms. The van der Waals surface area contributed by atoms with Gasteiger partial charge in [0.1, 0.15) is 18.4 Å². The van der Waals surface area contributed by atoms with Gasteiger partial charge in [0.25, 0.3) is 0 Å². The van der Waals surface area contributed by atoms with Crippen molar-refractivity contribution in [2.45, 2.75) is 13.0 Å². The zero-order valence-corrected chi connectivity index (χ0v) is 13.8. The average molecular weight is 357 g/mol. The SMILES string of the molecule is CC(C(=O)O)N1CCN(CCOc2ccc(Br)cc2)CC1. The fraction of sp³-hybridized carbons (Fsp3) is 0.533. The number of piperazine rings is 1. The van der Waals surface area contributed by atoms with Crippen LogP contribution in [-0.4, -0.2) is 66.2 Å². The Kier molecular flexibility index (Phi) is 6.02. The zero-order valence-electron chi connectivity index (χ0n) is 12.2. The monoisotopic (exact) mass is 356 g/mol. The molecule has 0 bridgehead atoms. The van der Waals surface area contributed by atoms with Gasteiger partial charge in [-0.3, -0.25) is 14.6 Å². The molecule has 2 rings (SSSR count). The van der Waals surface area contributed by atoms with Gasteiger partial charge in [0, 0.05) is 37.2 Å². The Morgan fingerprint density at radius 2 is 1.90 bits per heavy atom. The first-order chi connectivity index (χ1) is 10.1. The van der Waals surface area contributed by atoms with E-state index in [1.807, 2.05) is 29.2 Å². The minimum Gasteiger partial charge on any atom is -0.492 e. The molecule has 1 N–H and O–H groups in total. The van der Waals surface area contributed by atoms with Crippen LogP contribution in [0.3, 0.4) is 0 Å². The second kappa shape index (κ2) is 7.77. The molecule has 1 fully saturated rings. The minimum atomic E-state index is -0.748. The molecule has 1 heterocycles. The molecule has 0 saturated carbocycles. The van der Waals surface area contributed by atoms with E-state index >= 15 is 0 Å². The summed E-state index contributed by atoms with van der Waals surface area (Å²) in [5, 5.41) is 9.01. The van der Waals surface area contributed by atoms with E-state index in [0.29, 0.717) is 6.61 Å². The highest BCUT2D eigenvalue weighted by Crippen LogP contribution is 2.16. The maximum atomic E-state index is 11.0. The smallest absolute Gasteiger partial charge is 0.320 e. The molecule has 0 radical (unpaired) electrons. The fourth-order valence-corrected chi connectivity index (χ4v) is 2.62. The molecule has 1 unspecified atom stereocenters. The summed E-state index contributed by atoms with van der Waals surface area (Å²) < 4.78 is 6.75. The van der Waals surface area contributed by atoms with E-state index < -0.39 is 12.0 Å². The van der Waals surface area contributed by atoms with Gasteiger partial charge in [0.05, 0.1) is 0 Å². The van der Waals surface area contributed by atoms with E-state index in [2.05, 4.69) is 20.8 Å². The molecule has 116 valence electrons. The number of nitrogens with zero attached hydrogens (tertiary/aromatic N) is 2. The third-order valence-corrected chi connectivity index (χ3v) is 4.33. The van der Waals surface area contributed by atoms with E-state index in [1.165, 1.54) is 0 Å². The molecular formula is C15H21BrN2O3. The van der Waals surface area contributed by atoms with E-state index in [1.54, 1.807) is 6.92 Å². The lowest BCUT2D eigenvalue weighted by atomic mass is 10.2. The molecule has 0 spiro atoms. The second-order valence-electron chi connectivity index (χ2n) is 5.19. The number of carboxylic acids is 1. The van der Waals surface area contributed by atoms with Crippen molar-refractivity contribution in [1.29, 1.82) is 0 Å². The van der Waals surface area contributed by atoms with Crippen LogP contribution < -0.4 is 4.74 Å². The van der Waals surface area contributed by atoms with E-state index in [4.69, 9.17) is 9.84 Å². The molecule has 0 amide bonds. The lowest BCUT2D eigenvalue weighted by Gasteiger charge is -2.36. The van der Waals surface area contributed by atoms with Gasteiger partial charge in [0.15, 0.2) is 0 Å². The van der Waals surface area contributed by atoms with Crippen LogP contribution in [0.15, 0.2) is 28.7 Å². The number of aliphatic carboxylic acids is 1. The third kappa shape index (κ3) is 4.98. The van der Waals surface area contributed by atoms with Crippen LogP contribution in [0.1, 0.15) is 6.92 Å². The largest absolute Gasteiger partial charge is 0.492 e. The highest BCUT2D eigenvalue weighted by Gasteiger charge is 2.24. The number of carbonyl (C=O) groups is 1. The molecule has 0 aliphatic carbocycles. The second-order valence-corrected chi connectivity index (χ2v) is 6.11. The van der Waals surface area contributed by atoms with Crippen LogP contribution >= 0.6 is 15.9 Å². The first kappa shape index (κ1) is 16.3. The molecule has 1 aliphatic rings. The molecular weight excluding hydrogens is 336 g/mol. The summed E-state index contributed by atoms with van der Waals surface area (Å²) in [6.45, 7) is 6.64. The first-order valence-corrected chi connectivity index (χ1v) is 7.93. The number of benzene rings is 1. The van der Waals surface area contributed by atoms with Crippen molar-refractivity contribution in [1.82, 2.24) is 9.80 Å². The van der Waals surface area contributed by atoms with Crippen LogP contribution in [0.2, 0.25) is 0 Å². The highest BCUT2D eigenvalue weighted by atomic mass is 79.9. The molecule has 5 nitrogen and oxygen atoms in total. The number of carboxylic acid groups (broad SMARTS) is 1. The maximum absolute atomic E-state index is 11.0. The Bertz CT molecular complexity index is 458. The quantitative estimate of drug-likeness (QED) is 0.843. The third-order valence-electron chi connectivity index (χ3n) is 3.80. The van der Waals surface area contributed by atoms with Crippen molar-refractivity contribution in [2.75, 3.05) is 39.3 Å². The summed E-state index contributed by atoms with van der Waals surface area (Å²) in [5.74, 6) is 0.123. The Labute approximate surface area is 133 Å². The van der Waals surface area contributed by atoms with Gasteiger partial charge >= 0.3 is 5.97 Å². The summed E-state index contributed by atoms with van der Waals surface area (Å²) >= 11 is 3.39. The van der Waals surface area contributed by atoms with Gasteiger partial charge in [-0.15, -0.1) is 0 Å². The zero-order chi connectivity index (χ0) is 15.2. The van der Waals surface area contributed by atoms with Crippen LogP contribution in [0.25, 0.3) is 0 Å². The van der Waals surface area contributed by atoms with E-state index in [-0.39, 0.29) is 0 Å². The van der Waals surface area contributed by atoms with E-state index in [9.17, 15) is 4.79 Å². The average Bonchev–Trinajstić information content (AvgIpc) is 2.49. The van der Waals surface area contributed by atoms with E-state index in [0.717, 1.165) is 42.9 Å². The Morgan fingerprint density at radius 3 is 2.48 bits per heavy atom. The standard InChI is InChI=1S/C15H21BrN2O3/c1-12(15(19)20)18-8-6-17(7-9-18)10-11-21-14-4-2-13(16)3-5-14/h2-5,12H,6-11H2,1H3,(H,19,20). The van der Waals surface area contributed by atoms with Gasteiger partial charge in [-0.25, -0.2) is 0 Å². The Hall–Kier alpha value is -1.11. The van der Waals surface area contributed by atoms with Crippen molar-refractivity contribution >= 4 is 21.9 Å². The Balaban J connectivity index is 1.67. The van der Waals surface area contributed by atoms with Crippen LogP contribution in [0.5, 0.6) is 5.75 Å². The first-order valence-electron chi connectivity index (χ1n) is 7.14. The number of halogens is 1. The molecule has 1 saturated heterocycles. The van der Waals surface area contributed by atoms with Crippen molar-refractivity contribution in [3.8, 4) is 5.75 Å². The fourth-order valence-electron chi connectivity index (χ4n) is 2.35. The molecule has 21 heavy (non-hydrogen) atoms. The summed E-state index contributed by atoms with van der Waals surface area (Å²) in [5.41, 5.74) is 0. The van der Waals surface area contributed by atoms with Crippen LogP contribution in [0.4, 0.5) is 0 Å². The van der Waals surface area contributed by atoms with Crippen molar-refractivity contribution < 1.29 is 14.6 Å². The predicted molar refractivity (Wildman–Crippen MR) is 84.7 cm³/mol. The summed E-state index contributed by atoms with van der Waals surface area (Å²) in [7, 11) is 0. The molecule has 1 aromatic carbocycles. The summed E-state index contributed by atoms with van der Waals surface area (Å²) in [6.07, 6.45) is 0. The Morgan fingerprint density at radius 1 is 1.29 bits per heavy atom. The van der Waals surface area contributed by atoms with Gasteiger partial charge in [0.2, 0.25) is 0 Å². The van der Waals surface area contributed by atoms with Gasteiger partial charge in [-0.1, -0.05) is 15.9 Å². The minimum absolute atomic E-state index is 0.397. The van der Waals surface area contributed by atoms with Gasteiger partial charge in [-0.2, -0.15) is 0 Å². The lowest BCUT2D eigenvalue weighted by molar-refractivity contribution is -0.143. The van der Waals surface area contributed by atoms with Crippen LogP contribution in [0, 0.1) is 0 Å². The molecule has 1 aromatic rings. The predicted octanol–water partition coefficient (Wildman–Crippen LogP) is 1.92. The summed E-state index contributed by atoms with van der Waals surface area (Å²) in [6, 6.07) is 7.40. The lowest BCUT2D eigenvalue weighted by Crippen LogP contribution is -2.52.